The van der Waals surface area contributed by atoms with Crippen molar-refractivity contribution >= 4 is 16.8 Å². The summed E-state index contributed by atoms with van der Waals surface area (Å²) in [6.07, 6.45) is 0. The number of fused-ring (bicyclic) bond motifs is 1. The number of carbonyl (C=O) groups excluding carboxylic acids is 1. The summed E-state index contributed by atoms with van der Waals surface area (Å²) in [7, 11) is 0. The Morgan fingerprint density at radius 1 is 0.862 bits per heavy atom. The van der Waals surface area contributed by atoms with Crippen LogP contribution < -0.4 is 0 Å². The van der Waals surface area contributed by atoms with Crippen LogP contribution in [0.15, 0.2) is 91.0 Å². The van der Waals surface area contributed by atoms with Crippen molar-refractivity contribution in [3.05, 3.63) is 113 Å². The summed E-state index contributed by atoms with van der Waals surface area (Å²) in [6.45, 7) is 4.70. The molecule has 1 heterocycles. The molecule has 0 N–H and O–H groups in total. The lowest BCUT2D eigenvalue weighted by Crippen LogP contribution is -2.34. The van der Waals surface area contributed by atoms with E-state index in [1.165, 1.54) is 5.56 Å². The standard InChI is InChI=1S/C26H24N2O/c1-19-10-6-7-14-23(19)18-28(20(2)21-11-4-3-5-12-21)26(29)25-17-16-22-13-8-9-15-24(22)27-25/h3-17,20H,18H2,1-2H3/t20-/m0/s1. The van der Waals surface area contributed by atoms with Gasteiger partial charge in [0.15, 0.2) is 0 Å². The van der Waals surface area contributed by atoms with Crippen LogP contribution in [-0.4, -0.2) is 15.8 Å². The molecular formula is C26H24N2O. The van der Waals surface area contributed by atoms with Crippen molar-refractivity contribution in [1.82, 2.24) is 9.88 Å². The van der Waals surface area contributed by atoms with Crippen molar-refractivity contribution in [2.75, 3.05) is 0 Å². The minimum absolute atomic E-state index is 0.0599. The van der Waals surface area contributed by atoms with Crippen molar-refractivity contribution in [2.45, 2.75) is 26.4 Å². The molecule has 0 saturated carbocycles. The van der Waals surface area contributed by atoms with Gasteiger partial charge >= 0.3 is 0 Å². The molecule has 0 spiro atoms. The maximum absolute atomic E-state index is 13.6. The van der Waals surface area contributed by atoms with Crippen LogP contribution in [0.1, 0.15) is 40.1 Å². The Balaban J connectivity index is 1.73. The van der Waals surface area contributed by atoms with Crippen LogP contribution in [0.2, 0.25) is 0 Å². The Hall–Kier alpha value is -3.46. The Morgan fingerprint density at radius 2 is 1.55 bits per heavy atom. The molecule has 0 radical (unpaired) electrons. The highest BCUT2D eigenvalue weighted by molar-refractivity contribution is 5.95. The molecule has 144 valence electrons. The number of aryl methyl sites for hydroxylation is 1. The first-order valence-corrected chi connectivity index (χ1v) is 9.90. The lowest BCUT2D eigenvalue weighted by Gasteiger charge is -2.30. The average Bonchev–Trinajstić information content (AvgIpc) is 2.78. The third kappa shape index (κ3) is 4.04. The maximum atomic E-state index is 13.6. The molecule has 1 atom stereocenters. The molecule has 3 nitrogen and oxygen atoms in total. The molecule has 1 amide bonds. The molecule has 4 aromatic rings. The molecule has 29 heavy (non-hydrogen) atoms. The fourth-order valence-electron chi connectivity index (χ4n) is 3.60. The van der Waals surface area contributed by atoms with Crippen molar-refractivity contribution in [1.29, 1.82) is 0 Å². The highest BCUT2D eigenvalue weighted by Crippen LogP contribution is 2.26. The average molecular weight is 380 g/mol. The van der Waals surface area contributed by atoms with E-state index in [2.05, 4.69) is 43.1 Å². The van der Waals surface area contributed by atoms with Crippen molar-refractivity contribution in [3.63, 3.8) is 0 Å². The van der Waals surface area contributed by atoms with Gasteiger partial charge in [0.05, 0.1) is 11.6 Å². The second-order valence-corrected chi connectivity index (χ2v) is 7.34. The lowest BCUT2D eigenvalue weighted by molar-refractivity contribution is 0.0668. The topological polar surface area (TPSA) is 33.2 Å². The number of hydrogen-bond acceptors (Lipinski definition) is 2. The Morgan fingerprint density at radius 3 is 2.34 bits per heavy atom. The Bertz CT molecular complexity index is 1140. The van der Waals surface area contributed by atoms with Gasteiger partial charge in [0.2, 0.25) is 0 Å². The summed E-state index contributed by atoms with van der Waals surface area (Å²) in [4.78, 5) is 20.1. The van der Waals surface area contributed by atoms with E-state index in [-0.39, 0.29) is 11.9 Å². The summed E-state index contributed by atoms with van der Waals surface area (Å²) in [5, 5.41) is 1.03. The predicted molar refractivity (Wildman–Crippen MR) is 118 cm³/mol. The van der Waals surface area contributed by atoms with Gasteiger partial charge in [-0.05, 0) is 42.7 Å². The van der Waals surface area contributed by atoms with Gasteiger partial charge in [0.1, 0.15) is 5.69 Å². The molecule has 0 unspecified atom stereocenters. The van der Waals surface area contributed by atoms with Crippen molar-refractivity contribution < 1.29 is 4.79 Å². The van der Waals surface area contributed by atoms with E-state index in [9.17, 15) is 4.79 Å². The first kappa shape index (κ1) is 18.9. The zero-order valence-corrected chi connectivity index (χ0v) is 16.7. The van der Waals surface area contributed by atoms with E-state index < -0.39 is 0 Å². The number of hydrogen-bond donors (Lipinski definition) is 0. The maximum Gasteiger partial charge on any atom is 0.273 e. The SMILES string of the molecule is Cc1ccccc1CN(C(=O)c1ccc2ccccc2n1)[C@@H](C)c1ccccc1. The monoisotopic (exact) mass is 380 g/mol. The minimum Gasteiger partial charge on any atom is -0.326 e. The zero-order valence-electron chi connectivity index (χ0n) is 16.7. The smallest absolute Gasteiger partial charge is 0.273 e. The van der Waals surface area contributed by atoms with Crippen LogP contribution >= 0.6 is 0 Å². The second-order valence-electron chi connectivity index (χ2n) is 7.34. The van der Waals surface area contributed by atoms with Crippen LogP contribution in [0, 0.1) is 6.92 Å². The van der Waals surface area contributed by atoms with E-state index in [1.807, 2.05) is 71.6 Å². The summed E-state index contributed by atoms with van der Waals surface area (Å²) >= 11 is 0. The zero-order chi connectivity index (χ0) is 20.2. The normalized spacial score (nSPS) is 11.9. The van der Waals surface area contributed by atoms with Gasteiger partial charge in [-0.1, -0.05) is 78.9 Å². The molecule has 1 aromatic heterocycles. The van der Waals surface area contributed by atoms with Crippen molar-refractivity contribution in [2.24, 2.45) is 0 Å². The van der Waals surface area contributed by atoms with Crippen molar-refractivity contribution in [3.8, 4) is 0 Å². The fraction of sp³-hybridized carbons (Fsp3) is 0.154. The van der Waals surface area contributed by atoms with Gasteiger partial charge in [0, 0.05) is 11.9 Å². The second kappa shape index (κ2) is 8.27. The Kier molecular flexibility index (Phi) is 5.39. The summed E-state index contributed by atoms with van der Waals surface area (Å²) in [5.41, 5.74) is 4.73. The summed E-state index contributed by atoms with van der Waals surface area (Å²) in [6, 6.07) is 30.0. The van der Waals surface area contributed by atoms with E-state index in [0.29, 0.717) is 12.2 Å². The molecule has 0 aliphatic heterocycles. The molecule has 0 fully saturated rings. The van der Waals surface area contributed by atoms with Crippen LogP contribution in [-0.2, 0) is 6.54 Å². The molecule has 0 aliphatic carbocycles. The van der Waals surface area contributed by atoms with Crippen LogP contribution in [0.25, 0.3) is 10.9 Å². The highest BCUT2D eigenvalue weighted by atomic mass is 16.2. The number of amides is 1. The summed E-state index contributed by atoms with van der Waals surface area (Å²) < 4.78 is 0. The van der Waals surface area contributed by atoms with E-state index >= 15 is 0 Å². The Labute approximate surface area is 171 Å². The van der Waals surface area contributed by atoms with Gasteiger partial charge in [-0.15, -0.1) is 0 Å². The number of pyridine rings is 1. The number of para-hydroxylation sites is 1. The van der Waals surface area contributed by atoms with E-state index in [1.54, 1.807) is 0 Å². The third-order valence-electron chi connectivity index (χ3n) is 5.43. The minimum atomic E-state index is -0.0726. The molecule has 3 heteroatoms. The van der Waals surface area contributed by atoms with Gasteiger partial charge in [-0.2, -0.15) is 0 Å². The number of rotatable bonds is 5. The molecule has 4 rings (SSSR count). The number of benzene rings is 3. The largest absolute Gasteiger partial charge is 0.326 e. The molecule has 0 saturated heterocycles. The van der Waals surface area contributed by atoms with Crippen LogP contribution in [0.4, 0.5) is 0 Å². The van der Waals surface area contributed by atoms with E-state index in [0.717, 1.165) is 22.0 Å². The van der Waals surface area contributed by atoms with Gasteiger partial charge in [0.25, 0.3) is 5.91 Å². The lowest BCUT2D eigenvalue weighted by atomic mass is 10.0. The fourth-order valence-corrected chi connectivity index (χ4v) is 3.60. The first-order chi connectivity index (χ1) is 14.1. The van der Waals surface area contributed by atoms with Crippen LogP contribution in [0.3, 0.4) is 0 Å². The number of carbonyl (C=O) groups is 1. The number of aromatic nitrogens is 1. The van der Waals surface area contributed by atoms with Gasteiger partial charge in [-0.3, -0.25) is 4.79 Å². The third-order valence-corrected chi connectivity index (χ3v) is 5.43. The van der Waals surface area contributed by atoms with E-state index in [4.69, 9.17) is 0 Å². The number of nitrogens with zero attached hydrogens (tertiary/aromatic N) is 2. The molecule has 0 aliphatic rings. The quantitative estimate of drug-likeness (QED) is 0.429. The molecule has 0 bridgehead atoms. The van der Waals surface area contributed by atoms with Crippen LogP contribution in [0.5, 0.6) is 0 Å². The highest BCUT2D eigenvalue weighted by Gasteiger charge is 2.24. The molecular weight excluding hydrogens is 356 g/mol. The van der Waals surface area contributed by atoms with Gasteiger partial charge in [-0.25, -0.2) is 4.98 Å². The summed E-state index contributed by atoms with van der Waals surface area (Å²) in [5.74, 6) is -0.0599. The molecule has 3 aromatic carbocycles. The first-order valence-electron chi connectivity index (χ1n) is 9.90. The van der Waals surface area contributed by atoms with Gasteiger partial charge < -0.3 is 4.90 Å². The predicted octanol–water partition coefficient (Wildman–Crippen LogP) is 5.95.